The van der Waals surface area contributed by atoms with Crippen LogP contribution in [0.3, 0.4) is 0 Å². The quantitative estimate of drug-likeness (QED) is 0.685. The summed E-state index contributed by atoms with van der Waals surface area (Å²) in [6, 6.07) is 11.3. The molecule has 1 aliphatic heterocycles. The molecule has 0 bridgehead atoms. The van der Waals surface area contributed by atoms with Gasteiger partial charge >= 0.3 is 6.03 Å². The minimum atomic E-state index is -0.192. The summed E-state index contributed by atoms with van der Waals surface area (Å²) < 4.78 is 10.6. The number of nitrogens with zero attached hydrogens (tertiary/aromatic N) is 2. The van der Waals surface area contributed by atoms with Crippen LogP contribution in [0.15, 0.2) is 48.8 Å². The maximum Gasteiger partial charge on any atom is 0.319 e. The van der Waals surface area contributed by atoms with Crippen molar-refractivity contribution in [2.75, 3.05) is 38.7 Å². The molecule has 1 unspecified atom stereocenters. The summed E-state index contributed by atoms with van der Waals surface area (Å²) in [4.78, 5) is 18.9. The van der Waals surface area contributed by atoms with Crippen LogP contribution in [0, 0.1) is 0 Å². The van der Waals surface area contributed by atoms with Gasteiger partial charge < -0.3 is 20.1 Å². The average molecular weight is 384 g/mol. The second-order valence-corrected chi connectivity index (χ2v) is 6.90. The number of aromatic nitrogens is 1. The average Bonchev–Trinajstić information content (AvgIpc) is 2.69. The Morgan fingerprint density at radius 1 is 1.29 bits per heavy atom. The smallest absolute Gasteiger partial charge is 0.319 e. The Hall–Kier alpha value is -2.64. The maximum atomic E-state index is 12.4. The number of pyridine rings is 1. The fourth-order valence-corrected chi connectivity index (χ4v) is 3.33. The van der Waals surface area contributed by atoms with Crippen molar-refractivity contribution in [1.82, 2.24) is 15.2 Å². The first kappa shape index (κ1) is 20.1. The molecule has 2 amide bonds. The predicted molar refractivity (Wildman–Crippen MR) is 109 cm³/mol. The van der Waals surface area contributed by atoms with Crippen molar-refractivity contribution in [2.24, 2.45) is 0 Å². The number of hydrogen-bond acceptors (Lipinski definition) is 5. The van der Waals surface area contributed by atoms with Gasteiger partial charge in [-0.1, -0.05) is 12.1 Å². The number of rotatable bonds is 8. The molecule has 1 fully saturated rings. The van der Waals surface area contributed by atoms with Gasteiger partial charge in [0, 0.05) is 50.4 Å². The minimum Gasteiger partial charge on any atom is -0.491 e. The van der Waals surface area contributed by atoms with Gasteiger partial charge in [0.15, 0.2) is 0 Å². The van der Waals surface area contributed by atoms with Crippen LogP contribution in [-0.4, -0.2) is 55.4 Å². The predicted octanol–water partition coefficient (Wildman–Crippen LogP) is 2.89. The van der Waals surface area contributed by atoms with E-state index in [1.807, 2.05) is 36.5 Å². The van der Waals surface area contributed by atoms with E-state index in [4.69, 9.17) is 9.47 Å². The first-order chi connectivity index (χ1) is 13.7. The van der Waals surface area contributed by atoms with Crippen molar-refractivity contribution in [3.63, 3.8) is 0 Å². The summed E-state index contributed by atoms with van der Waals surface area (Å²) in [5.74, 6) is 0.704. The monoisotopic (exact) mass is 384 g/mol. The molecule has 3 rings (SSSR count). The minimum absolute atomic E-state index is 0.131. The number of carbonyl (C=O) groups excluding carboxylic acids is 1. The molecule has 2 aromatic rings. The molecular formula is C21H28N4O3. The largest absolute Gasteiger partial charge is 0.491 e. The number of hydrogen-bond donors (Lipinski definition) is 2. The van der Waals surface area contributed by atoms with Crippen LogP contribution >= 0.6 is 0 Å². The maximum absolute atomic E-state index is 12.4. The van der Waals surface area contributed by atoms with Crippen LogP contribution in [0.2, 0.25) is 0 Å². The molecule has 1 aromatic heterocycles. The number of ether oxygens (including phenoxy) is 2. The molecular weight excluding hydrogens is 356 g/mol. The molecule has 1 saturated heterocycles. The molecule has 1 aromatic carbocycles. The lowest BCUT2D eigenvalue weighted by molar-refractivity contribution is 0.146. The molecule has 0 radical (unpaired) electrons. The zero-order chi connectivity index (χ0) is 19.6. The van der Waals surface area contributed by atoms with Gasteiger partial charge in [0.25, 0.3) is 0 Å². The van der Waals surface area contributed by atoms with Gasteiger partial charge in [-0.15, -0.1) is 0 Å². The Kier molecular flexibility index (Phi) is 7.63. The van der Waals surface area contributed by atoms with Crippen molar-refractivity contribution >= 4 is 11.7 Å². The molecule has 2 heterocycles. The summed E-state index contributed by atoms with van der Waals surface area (Å²) in [5.41, 5.74) is 1.90. The number of amides is 2. The number of methoxy groups -OCH3 is 1. The molecule has 150 valence electrons. The van der Waals surface area contributed by atoms with Crippen molar-refractivity contribution < 1.29 is 14.3 Å². The second kappa shape index (κ2) is 10.6. The fraction of sp³-hybridized carbons (Fsp3) is 0.429. The standard InChI is InChI=1S/C21H28N4O3/c1-27-11-12-28-20-8-2-6-18(13-20)23-21(26)24-19-7-4-10-25(16-19)15-17-5-3-9-22-14-17/h2-3,5-6,8-9,13-14,19H,4,7,10-12,15-16H2,1H3,(H2,23,24,26). The van der Waals surface area contributed by atoms with Crippen molar-refractivity contribution in [1.29, 1.82) is 0 Å². The van der Waals surface area contributed by atoms with Gasteiger partial charge in [-0.25, -0.2) is 4.79 Å². The van der Waals surface area contributed by atoms with Gasteiger partial charge in [-0.3, -0.25) is 9.88 Å². The van der Waals surface area contributed by atoms with E-state index in [2.05, 4.69) is 26.6 Å². The van der Waals surface area contributed by atoms with E-state index in [0.717, 1.165) is 32.5 Å². The lowest BCUT2D eigenvalue weighted by Gasteiger charge is -2.33. The number of benzene rings is 1. The number of urea groups is 1. The summed E-state index contributed by atoms with van der Waals surface area (Å²) in [7, 11) is 1.63. The van der Waals surface area contributed by atoms with Crippen molar-refractivity contribution in [3.8, 4) is 5.75 Å². The molecule has 0 spiro atoms. The number of nitrogens with one attached hydrogen (secondary N) is 2. The third kappa shape index (κ3) is 6.51. The van der Waals surface area contributed by atoms with E-state index in [1.165, 1.54) is 5.56 Å². The highest BCUT2D eigenvalue weighted by Crippen LogP contribution is 2.18. The highest BCUT2D eigenvalue weighted by atomic mass is 16.5. The summed E-state index contributed by atoms with van der Waals surface area (Å²) in [5, 5.41) is 5.98. The third-order valence-electron chi connectivity index (χ3n) is 4.62. The molecule has 7 nitrogen and oxygen atoms in total. The summed E-state index contributed by atoms with van der Waals surface area (Å²) in [6.45, 7) is 3.73. The number of likely N-dealkylation sites (tertiary alicyclic amines) is 1. The van der Waals surface area contributed by atoms with Crippen LogP contribution in [0.1, 0.15) is 18.4 Å². The van der Waals surface area contributed by atoms with E-state index >= 15 is 0 Å². The van der Waals surface area contributed by atoms with Gasteiger partial charge in [0.2, 0.25) is 0 Å². The molecule has 1 aliphatic rings. The lowest BCUT2D eigenvalue weighted by atomic mass is 10.1. The Morgan fingerprint density at radius 3 is 3.04 bits per heavy atom. The topological polar surface area (TPSA) is 75.7 Å². The van der Waals surface area contributed by atoms with Crippen LogP contribution in [0.4, 0.5) is 10.5 Å². The highest BCUT2D eigenvalue weighted by molar-refractivity contribution is 5.89. The van der Waals surface area contributed by atoms with Gasteiger partial charge in [0.05, 0.1) is 6.61 Å². The van der Waals surface area contributed by atoms with E-state index in [-0.39, 0.29) is 12.1 Å². The van der Waals surface area contributed by atoms with Crippen LogP contribution in [-0.2, 0) is 11.3 Å². The number of anilines is 1. The zero-order valence-electron chi connectivity index (χ0n) is 16.3. The normalized spacial score (nSPS) is 17.1. The van der Waals surface area contributed by atoms with Crippen molar-refractivity contribution in [2.45, 2.75) is 25.4 Å². The Balaban J connectivity index is 1.47. The van der Waals surface area contributed by atoms with Gasteiger partial charge in [0.1, 0.15) is 12.4 Å². The van der Waals surface area contributed by atoms with Crippen LogP contribution in [0.5, 0.6) is 5.75 Å². The highest BCUT2D eigenvalue weighted by Gasteiger charge is 2.21. The number of piperidine rings is 1. The fourth-order valence-electron chi connectivity index (χ4n) is 3.33. The van der Waals surface area contributed by atoms with Gasteiger partial charge in [-0.2, -0.15) is 0 Å². The van der Waals surface area contributed by atoms with Crippen LogP contribution < -0.4 is 15.4 Å². The first-order valence-corrected chi connectivity index (χ1v) is 9.63. The molecule has 0 aliphatic carbocycles. The van der Waals surface area contributed by atoms with Crippen LogP contribution in [0.25, 0.3) is 0 Å². The second-order valence-electron chi connectivity index (χ2n) is 6.90. The SMILES string of the molecule is COCCOc1cccc(NC(=O)NC2CCCN(Cc3cccnc3)C2)c1. The Bertz CT molecular complexity index is 741. The lowest BCUT2D eigenvalue weighted by Crippen LogP contribution is -2.48. The van der Waals surface area contributed by atoms with E-state index in [1.54, 1.807) is 13.3 Å². The molecule has 1 atom stereocenters. The van der Waals surface area contributed by atoms with E-state index in [0.29, 0.717) is 24.7 Å². The van der Waals surface area contributed by atoms with Gasteiger partial charge in [-0.05, 0) is 43.1 Å². The van der Waals surface area contributed by atoms with E-state index in [9.17, 15) is 4.79 Å². The molecule has 0 saturated carbocycles. The molecule has 7 heteroatoms. The number of carbonyl (C=O) groups is 1. The summed E-state index contributed by atoms with van der Waals surface area (Å²) >= 11 is 0. The Labute approximate surface area is 166 Å². The first-order valence-electron chi connectivity index (χ1n) is 9.63. The Morgan fingerprint density at radius 2 is 2.21 bits per heavy atom. The molecule has 28 heavy (non-hydrogen) atoms. The zero-order valence-corrected chi connectivity index (χ0v) is 16.3. The van der Waals surface area contributed by atoms with Crippen molar-refractivity contribution in [3.05, 3.63) is 54.4 Å². The molecule has 2 N–H and O–H groups in total. The summed E-state index contributed by atoms with van der Waals surface area (Å²) in [6.07, 6.45) is 5.72. The van der Waals surface area contributed by atoms with E-state index < -0.39 is 0 Å². The third-order valence-corrected chi connectivity index (χ3v) is 4.62.